The Morgan fingerprint density at radius 3 is 2.53 bits per heavy atom. The van der Waals surface area contributed by atoms with E-state index in [1.165, 1.54) is 12.8 Å². The fraction of sp³-hybridized carbons (Fsp3) is 1.00. The van der Waals surface area contributed by atoms with Crippen molar-refractivity contribution in [3.8, 4) is 0 Å². The SMILES string of the molecule is CC[C@H]1CC2CCC[C@H](C)C(O)C2C1O. The Labute approximate surface area is 92.7 Å². The first-order valence-corrected chi connectivity index (χ1v) is 6.51. The summed E-state index contributed by atoms with van der Waals surface area (Å²) in [5.74, 6) is 1.53. The molecule has 0 spiro atoms. The van der Waals surface area contributed by atoms with Crippen molar-refractivity contribution in [2.45, 2.75) is 58.2 Å². The van der Waals surface area contributed by atoms with Crippen LogP contribution in [0.1, 0.15) is 46.0 Å². The van der Waals surface area contributed by atoms with Crippen LogP contribution in [0.3, 0.4) is 0 Å². The van der Waals surface area contributed by atoms with Crippen molar-refractivity contribution in [1.29, 1.82) is 0 Å². The smallest absolute Gasteiger partial charge is 0.0623 e. The molecule has 2 fully saturated rings. The minimum atomic E-state index is -0.274. The lowest BCUT2D eigenvalue weighted by atomic mass is 9.84. The second kappa shape index (κ2) is 4.42. The zero-order valence-corrected chi connectivity index (χ0v) is 9.89. The second-order valence-corrected chi connectivity index (χ2v) is 5.63. The van der Waals surface area contributed by atoms with Crippen molar-refractivity contribution in [2.75, 3.05) is 0 Å². The summed E-state index contributed by atoms with van der Waals surface area (Å²) in [6.45, 7) is 4.27. The summed E-state index contributed by atoms with van der Waals surface area (Å²) in [7, 11) is 0. The van der Waals surface area contributed by atoms with Gasteiger partial charge in [0.05, 0.1) is 12.2 Å². The molecule has 0 radical (unpaired) electrons. The van der Waals surface area contributed by atoms with Crippen molar-refractivity contribution >= 4 is 0 Å². The predicted molar refractivity (Wildman–Crippen MR) is 60.4 cm³/mol. The topological polar surface area (TPSA) is 40.5 Å². The van der Waals surface area contributed by atoms with Crippen LogP contribution in [0.4, 0.5) is 0 Å². The van der Waals surface area contributed by atoms with Gasteiger partial charge in [0.1, 0.15) is 0 Å². The zero-order valence-electron chi connectivity index (χ0n) is 9.89. The molecule has 6 atom stereocenters. The molecule has 0 aliphatic heterocycles. The molecule has 2 nitrogen and oxygen atoms in total. The first-order valence-electron chi connectivity index (χ1n) is 6.51. The van der Waals surface area contributed by atoms with Crippen molar-refractivity contribution in [2.24, 2.45) is 23.7 Å². The monoisotopic (exact) mass is 212 g/mol. The summed E-state index contributed by atoms with van der Waals surface area (Å²) in [4.78, 5) is 0. The lowest BCUT2D eigenvalue weighted by Gasteiger charge is -2.28. The first kappa shape index (κ1) is 11.4. The van der Waals surface area contributed by atoms with Gasteiger partial charge < -0.3 is 10.2 Å². The molecule has 0 saturated heterocycles. The molecule has 0 aromatic carbocycles. The molecule has 0 heterocycles. The quantitative estimate of drug-likeness (QED) is 0.699. The van der Waals surface area contributed by atoms with Gasteiger partial charge in [-0.05, 0) is 37.0 Å². The molecule has 15 heavy (non-hydrogen) atoms. The van der Waals surface area contributed by atoms with Crippen LogP contribution in [0.25, 0.3) is 0 Å². The van der Waals surface area contributed by atoms with E-state index in [4.69, 9.17) is 0 Å². The lowest BCUT2D eigenvalue weighted by Crippen LogP contribution is -2.36. The van der Waals surface area contributed by atoms with E-state index in [0.717, 1.165) is 19.3 Å². The summed E-state index contributed by atoms with van der Waals surface area (Å²) in [5, 5.41) is 20.5. The normalized spacial score (nSPS) is 51.2. The summed E-state index contributed by atoms with van der Waals surface area (Å²) < 4.78 is 0. The highest BCUT2D eigenvalue weighted by molar-refractivity contribution is 4.96. The molecule has 0 amide bonds. The molecule has 0 aromatic rings. The third-order valence-corrected chi connectivity index (χ3v) is 4.76. The standard InChI is InChI=1S/C13H24O2/c1-3-9-7-10-6-4-5-8(2)12(14)11(10)13(9)15/h8-15H,3-7H2,1-2H3/t8-,9-,10?,11?,12?,13?/m0/s1. The number of aliphatic hydroxyl groups excluding tert-OH is 2. The Morgan fingerprint density at radius 2 is 1.87 bits per heavy atom. The molecule has 0 aromatic heterocycles. The third-order valence-electron chi connectivity index (χ3n) is 4.76. The van der Waals surface area contributed by atoms with Crippen LogP contribution in [-0.4, -0.2) is 22.4 Å². The fourth-order valence-corrected chi connectivity index (χ4v) is 3.73. The maximum atomic E-state index is 10.3. The van der Waals surface area contributed by atoms with Crippen LogP contribution < -0.4 is 0 Å². The van der Waals surface area contributed by atoms with Gasteiger partial charge >= 0.3 is 0 Å². The Hall–Kier alpha value is -0.0800. The maximum absolute atomic E-state index is 10.3. The van der Waals surface area contributed by atoms with E-state index in [0.29, 0.717) is 17.8 Å². The van der Waals surface area contributed by atoms with Gasteiger partial charge in [-0.25, -0.2) is 0 Å². The zero-order chi connectivity index (χ0) is 11.0. The van der Waals surface area contributed by atoms with Crippen molar-refractivity contribution in [1.82, 2.24) is 0 Å². The molecule has 2 rings (SSSR count). The molecule has 2 saturated carbocycles. The molecule has 2 aliphatic carbocycles. The van der Waals surface area contributed by atoms with E-state index in [1.54, 1.807) is 0 Å². The van der Waals surface area contributed by atoms with Crippen molar-refractivity contribution in [3.05, 3.63) is 0 Å². The highest BCUT2D eigenvalue weighted by atomic mass is 16.3. The van der Waals surface area contributed by atoms with E-state index in [2.05, 4.69) is 13.8 Å². The van der Waals surface area contributed by atoms with Crippen LogP contribution >= 0.6 is 0 Å². The Balaban J connectivity index is 2.15. The van der Waals surface area contributed by atoms with Gasteiger partial charge in [0.2, 0.25) is 0 Å². The van der Waals surface area contributed by atoms with Crippen LogP contribution in [0, 0.1) is 23.7 Å². The number of rotatable bonds is 1. The summed E-state index contributed by atoms with van der Waals surface area (Å²) in [5.41, 5.74) is 0. The Bertz CT molecular complexity index is 217. The van der Waals surface area contributed by atoms with Crippen LogP contribution in [0.2, 0.25) is 0 Å². The van der Waals surface area contributed by atoms with E-state index in [-0.39, 0.29) is 18.1 Å². The minimum Gasteiger partial charge on any atom is -0.392 e. The minimum absolute atomic E-state index is 0.160. The van der Waals surface area contributed by atoms with Crippen LogP contribution in [0.5, 0.6) is 0 Å². The molecule has 2 aliphatic rings. The Morgan fingerprint density at radius 1 is 1.13 bits per heavy atom. The van der Waals surface area contributed by atoms with Gasteiger partial charge in [-0.2, -0.15) is 0 Å². The Kier molecular flexibility index (Phi) is 3.36. The highest BCUT2D eigenvalue weighted by Gasteiger charge is 2.46. The third kappa shape index (κ3) is 1.94. The van der Waals surface area contributed by atoms with E-state index in [9.17, 15) is 10.2 Å². The molecule has 4 unspecified atom stereocenters. The van der Waals surface area contributed by atoms with Gasteiger partial charge in [0.25, 0.3) is 0 Å². The van der Waals surface area contributed by atoms with E-state index >= 15 is 0 Å². The second-order valence-electron chi connectivity index (χ2n) is 5.63. The molecular formula is C13H24O2. The summed E-state index contributed by atoms with van der Waals surface area (Å²) in [6, 6.07) is 0. The maximum Gasteiger partial charge on any atom is 0.0623 e. The van der Waals surface area contributed by atoms with Crippen molar-refractivity contribution < 1.29 is 10.2 Å². The largest absolute Gasteiger partial charge is 0.392 e. The van der Waals surface area contributed by atoms with Crippen LogP contribution in [0.15, 0.2) is 0 Å². The van der Waals surface area contributed by atoms with Crippen LogP contribution in [-0.2, 0) is 0 Å². The average Bonchev–Trinajstić information content (AvgIpc) is 2.46. The molecule has 2 N–H and O–H groups in total. The van der Waals surface area contributed by atoms with E-state index in [1.807, 2.05) is 0 Å². The number of hydrogen-bond acceptors (Lipinski definition) is 2. The highest BCUT2D eigenvalue weighted by Crippen LogP contribution is 2.46. The summed E-state index contributed by atoms with van der Waals surface area (Å²) >= 11 is 0. The summed E-state index contributed by atoms with van der Waals surface area (Å²) in [6.07, 6.45) is 5.21. The lowest BCUT2D eigenvalue weighted by molar-refractivity contribution is -0.0210. The molecule has 2 heteroatoms. The van der Waals surface area contributed by atoms with Gasteiger partial charge in [-0.3, -0.25) is 0 Å². The molecular weight excluding hydrogens is 188 g/mol. The van der Waals surface area contributed by atoms with Gasteiger partial charge in [-0.1, -0.05) is 26.7 Å². The number of hydrogen-bond donors (Lipinski definition) is 2. The number of fused-ring (bicyclic) bond motifs is 1. The average molecular weight is 212 g/mol. The van der Waals surface area contributed by atoms with E-state index < -0.39 is 0 Å². The molecule has 0 bridgehead atoms. The predicted octanol–water partition coefficient (Wildman–Crippen LogP) is 2.19. The van der Waals surface area contributed by atoms with Gasteiger partial charge in [-0.15, -0.1) is 0 Å². The fourth-order valence-electron chi connectivity index (χ4n) is 3.73. The number of aliphatic hydroxyl groups is 2. The van der Waals surface area contributed by atoms with Gasteiger partial charge in [0.15, 0.2) is 0 Å². The molecule has 88 valence electrons. The van der Waals surface area contributed by atoms with Crippen molar-refractivity contribution in [3.63, 3.8) is 0 Å². The first-order chi connectivity index (χ1) is 7.15. The van der Waals surface area contributed by atoms with Gasteiger partial charge in [0, 0.05) is 5.92 Å².